The van der Waals surface area contributed by atoms with Gasteiger partial charge in [-0.15, -0.1) is 0 Å². The van der Waals surface area contributed by atoms with E-state index in [2.05, 4.69) is 0 Å². The molecule has 1 saturated heterocycles. The Morgan fingerprint density at radius 3 is 2.38 bits per heavy atom. The highest BCUT2D eigenvalue weighted by Gasteiger charge is 2.41. The van der Waals surface area contributed by atoms with Crippen LogP contribution in [0.15, 0.2) is 0 Å². The number of carbonyl (C=O) groups is 2. The van der Waals surface area contributed by atoms with Crippen molar-refractivity contribution in [2.75, 3.05) is 13.6 Å². The summed E-state index contributed by atoms with van der Waals surface area (Å²) in [5.41, 5.74) is -0.160. The highest BCUT2D eigenvalue weighted by atomic mass is 16.2. The minimum absolute atomic E-state index is 0.0119. The zero-order valence-corrected chi connectivity index (χ0v) is 8.63. The van der Waals surface area contributed by atoms with Crippen LogP contribution in [-0.2, 0) is 9.59 Å². The van der Waals surface area contributed by atoms with E-state index in [1.54, 1.807) is 0 Å². The van der Waals surface area contributed by atoms with Gasteiger partial charge >= 0.3 is 0 Å². The summed E-state index contributed by atoms with van der Waals surface area (Å²) in [6, 6.07) is 0. The fourth-order valence-corrected chi connectivity index (χ4v) is 1.47. The van der Waals surface area contributed by atoms with Crippen LogP contribution in [0.2, 0.25) is 0 Å². The van der Waals surface area contributed by atoms with E-state index in [1.165, 1.54) is 11.9 Å². The van der Waals surface area contributed by atoms with E-state index in [1.807, 2.05) is 25.9 Å². The van der Waals surface area contributed by atoms with E-state index in [0.717, 1.165) is 0 Å². The lowest BCUT2D eigenvalue weighted by atomic mass is 10.0. The van der Waals surface area contributed by atoms with Crippen molar-refractivity contribution in [2.45, 2.75) is 32.7 Å². The van der Waals surface area contributed by atoms with Gasteiger partial charge in [0, 0.05) is 19.0 Å². The Bertz CT molecular complexity index is 248. The molecular formula is C9H16N2O2. The van der Waals surface area contributed by atoms with Gasteiger partial charge in [-0.1, -0.05) is 0 Å². The molecule has 0 unspecified atom stereocenters. The maximum absolute atomic E-state index is 11.5. The molecule has 0 aliphatic carbocycles. The number of hydrogen-bond donors (Lipinski definition) is 0. The molecule has 1 rings (SSSR count). The quantitative estimate of drug-likeness (QED) is 0.625. The summed E-state index contributed by atoms with van der Waals surface area (Å²) in [4.78, 5) is 22.3. The first-order chi connectivity index (χ1) is 5.84. The summed E-state index contributed by atoms with van der Waals surface area (Å²) in [6.45, 7) is 5.67. The summed E-state index contributed by atoms with van der Waals surface area (Å²) in [6.07, 6.45) is 0.483. The number of amides is 1. The van der Waals surface area contributed by atoms with Crippen molar-refractivity contribution < 1.29 is 9.59 Å². The predicted molar refractivity (Wildman–Crippen MR) is 48.9 cm³/mol. The molecule has 0 radical (unpaired) electrons. The van der Waals surface area contributed by atoms with Crippen molar-refractivity contribution in [3.63, 3.8) is 0 Å². The highest BCUT2D eigenvalue weighted by Crippen LogP contribution is 2.27. The van der Waals surface area contributed by atoms with Crippen molar-refractivity contribution >= 4 is 11.7 Å². The average Bonchev–Trinajstić information content (AvgIpc) is 2.12. The van der Waals surface area contributed by atoms with E-state index in [-0.39, 0.29) is 23.8 Å². The third-order valence-corrected chi connectivity index (χ3v) is 2.48. The number of hydrogen-bond acceptors (Lipinski definition) is 3. The van der Waals surface area contributed by atoms with Crippen molar-refractivity contribution in [3.05, 3.63) is 0 Å². The highest BCUT2D eigenvalue weighted by molar-refractivity contribution is 5.86. The Hall–Kier alpha value is -0.900. The molecule has 74 valence electrons. The zero-order chi connectivity index (χ0) is 10.2. The summed E-state index contributed by atoms with van der Waals surface area (Å²) >= 11 is 0. The molecule has 4 nitrogen and oxygen atoms in total. The molecule has 1 aliphatic rings. The lowest BCUT2D eigenvalue weighted by Crippen LogP contribution is -2.45. The molecule has 1 amide bonds. The van der Waals surface area contributed by atoms with E-state index in [4.69, 9.17) is 0 Å². The number of nitrogens with zero attached hydrogens (tertiary/aromatic N) is 2. The van der Waals surface area contributed by atoms with Crippen molar-refractivity contribution in [1.29, 1.82) is 0 Å². The molecule has 0 aromatic carbocycles. The number of ketones is 1. The Morgan fingerprint density at radius 1 is 1.54 bits per heavy atom. The topological polar surface area (TPSA) is 40.6 Å². The van der Waals surface area contributed by atoms with Crippen LogP contribution < -0.4 is 0 Å². The molecule has 0 atom stereocenters. The Labute approximate surface area is 78.5 Å². The lowest BCUT2D eigenvalue weighted by Gasteiger charge is -2.32. The molecule has 4 heteroatoms. The van der Waals surface area contributed by atoms with Crippen LogP contribution in [0.1, 0.15) is 27.2 Å². The fraction of sp³-hybridized carbons (Fsp3) is 0.778. The first-order valence-corrected chi connectivity index (χ1v) is 4.38. The zero-order valence-electron chi connectivity index (χ0n) is 8.63. The number of carbonyl (C=O) groups excluding carboxylic acids is 2. The van der Waals surface area contributed by atoms with Crippen LogP contribution in [-0.4, -0.2) is 40.8 Å². The van der Waals surface area contributed by atoms with E-state index in [0.29, 0.717) is 6.42 Å². The van der Waals surface area contributed by atoms with Crippen molar-refractivity contribution in [2.24, 2.45) is 0 Å². The van der Waals surface area contributed by atoms with Crippen molar-refractivity contribution in [1.82, 2.24) is 10.0 Å². The maximum Gasteiger partial charge on any atom is 0.239 e. The largest absolute Gasteiger partial charge is 0.298 e. The third-order valence-electron chi connectivity index (χ3n) is 2.48. The van der Waals surface area contributed by atoms with E-state index >= 15 is 0 Å². The van der Waals surface area contributed by atoms with Crippen molar-refractivity contribution in [3.8, 4) is 0 Å². The lowest BCUT2D eigenvalue weighted by molar-refractivity contribution is -0.142. The van der Waals surface area contributed by atoms with Gasteiger partial charge in [-0.25, -0.2) is 5.01 Å². The van der Waals surface area contributed by atoms with Gasteiger partial charge in [-0.05, 0) is 20.8 Å². The summed E-state index contributed by atoms with van der Waals surface area (Å²) < 4.78 is 0. The third kappa shape index (κ3) is 1.88. The smallest absolute Gasteiger partial charge is 0.239 e. The second-order valence-electron chi connectivity index (χ2n) is 4.17. The summed E-state index contributed by atoms with van der Waals surface area (Å²) in [5.74, 6) is 0.0422. The first-order valence-electron chi connectivity index (χ1n) is 4.38. The standard InChI is InChI=1S/C9H16N2O2/c1-7(12)6-11-8(13)5-9(2,3)10(11)4/h5-6H2,1-4H3. The Balaban J connectivity index is 2.76. The molecule has 0 spiro atoms. The summed E-state index contributed by atoms with van der Waals surface area (Å²) in [7, 11) is 1.84. The van der Waals surface area contributed by atoms with Crippen LogP contribution >= 0.6 is 0 Å². The normalized spacial score (nSPS) is 22.5. The molecule has 1 heterocycles. The van der Waals surface area contributed by atoms with Crippen LogP contribution in [0, 0.1) is 0 Å². The Morgan fingerprint density at radius 2 is 2.08 bits per heavy atom. The van der Waals surface area contributed by atoms with Gasteiger partial charge in [0.2, 0.25) is 5.91 Å². The average molecular weight is 184 g/mol. The fourth-order valence-electron chi connectivity index (χ4n) is 1.47. The van der Waals surface area contributed by atoms with Gasteiger partial charge in [0.15, 0.2) is 5.78 Å². The van der Waals surface area contributed by atoms with Gasteiger partial charge in [0.05, 0.1) is 6.54 Å². The molecule has 1 aliphatic heterocycles. The molecule has 0 N–H and O–H groups in total. The second kappa shape index (κ2) is 3.10. The van der Waals surface area contributed by atoms with E-state index < -0.39 is 0 Å². The van der Waals surface area contributed by atoms with Crippen LogP contribution in [0.3, 0.4) is 0 Å². The van der Waals surface area contributed by atoms with Gasteiger partial charge in [-0.2, -0.15) is 0 Å². The number of hydrazine groups is 1. The van der Waals surface area contributed by atoms with Crippen LogP contribution in [0.5, 0.6) is 0 Å². The molecule has 0 aromatic heterocycles. The molecule has 0 aromatic rings. The number of Topliss-reactive ketones (excluding diaryl/α,β-unsaturated/α-hetero) is 1. The SMILES string of the molecule is CC(=O)CN1C(=O)CC(C)(C)N1C. The predicted octanol–water partition coefficient (Wildman–Crippen LogP) is 0.433. The maximum atomic E-state index is 11.5. The molecule has 0 bridgehead atoms. The Kier molecular flexibility index (Phi) is 2.43. The van der Waals surface area contributed by atoms with Gasteiger partial charge < -0.3 is 0 Å². The monoisotopic (exact) mass is 184 g/mol. The molecule has 13 heavy (non-hydrogen) atoms. The number of rotatable bonds is 2. The van der Waals surface area contributed by atoms with Gasteiger partial charge in [0.25, 0.3) is 0 Å². The molecule has 0 saturated carbocycles. The summed E-state index contributed by atoms with van der Waals surface area (Å²) in [5, 5.41) is 3.36. The van der Waals surface area contributed by atoms with Crippen LogP contribution in [0.4, 0.5) is 0 Å². The van der Waals surface area contributed by atoms with Gasteiger partial charge in [-0.3, -0.25) is 14.6 Å². The van der Waals surface area contributed by atoms with E-state index in [9.17, 15) is 9.59 Å². The second-order valence-corrected chi connectivity index (χ2v) is 4.17. The minimum Gasteiger partial charge on any atom is -0.298 e. The molecular weight excluding hydrogens is 168 g/mol. The van der Waals surface area contributed by atoms with Gasteiger partial charge in [0.1, 0.15) is 0 Å². The molecule has 1 fully saturated rings. The first kappa shape index (κ1) is 10.2. The van der Waals surface area contributed by atoms with Crippen LogP contribution in [0.25, 0.3) is 0 Å². The minimum atomic E-state index is -0.160.